The number of carbonyl (C=O) groups is 4. The van der Waals surface area contributed by atoms with Gasteiger partial charge >= 0.3 is 0 Å². The molecule has 4 atom stereocenters. The third-order valence-corrected chi connectivity index (χ3v) is 6.58. The minimum Gasteiger partial charge on any atom is -0.391 e. The molecule has 2 aliphatic heterocycles. The number of carbonyl (C=O) groups excluding carboxylic acids is 4. The molecule has 3 rings (SSSR count). The Bertz CT molecular complexity index is 819. The summed E-state index contributed by atoms with van der Waals surface area (Å²) in [6, 6.07) is -1.95. The SMILES string of the molecule is CC(O)C(NC(=O)CN1CCOCC1)C(=O)NCC(=O)NC(CC1=CCCCC1)C(=O)C1(C)CO1. The van der Waals surface area contributed by atoms with Crippen molar-refractivity contribution in [2.24, 2.45) is 0 Å². The minimum atomic E-state index is -1.21. The largest absolute Gasteiger partial charge is 0.391 e. The fourth-order valence-electron chi connectivity index (χ4n) is 4.29. The van der Waals surface area contributed by atoms with E-state index in [-0.39, 0.29) is 18.9 Å². The number of ketones is 1. The molecule has 0 spiro atoms. The van der Waals surface area contributed by atoms with E-state index in [1.807, 2.05) is 4.90 Å². The van der Waals surface area contributed by atoms with Gasteiger partial charge in [0.1, 0.15) is 11.6 Å². The predicted octanol–water partition coefficient (Wildman–Crippen LogP) is -0.966. The highest BCUT2D eigenvalue weighted by molar-refractivity contribution is 5.97. The Morgan fingerprint density at radius 3 is 2.46 bits per heavy atom. The lowest BCUT2D eigenvalue weighted by Gasteiger charge is -2.27. The van der Waals surface area contributed by atoms with Gasteiger partial charge in [0.05, 0.1) is 45.1 Å². The molecule has 196 valence electrons. The first-order chi connectivity index (χ1) is 16.7. The number of hydrogen-bond acceptors (Lipinski definition) is 8. The van der Waals surface area contributed by atoms with Crippen LogP contribution in [0.25, 0.3) is 0 Å². The van der Waals surface area contributed by atoms with E-state index in [9.17, 15) is 24.3 Å². The van der Waals surface area contributed by atoms with E-state index < -0.39 is 41.5 Å². The molecule has 0 radical (unpaired) electrons. The zero-order valence-corrected chi connectivity index (χ0v) is 20.6. The van der Waals surface area contributed by atoms with Gasteiger partial charge in [-0.2, -0.15) is 0 Å². The molecule has 2 heterocycles. The van der Waals surface area contributed by atoms with E-state index in [1.165, 1.54) is 6.92 Å². The van der Waals surface area contributed by atoms with E-state index in [4.69, 9.17) is 9.47 Å². The fourth-order valence-corrected chi connectivity index (χ4v) is 4.29. The van der Waals surface area contributed by atoms with Gasteiger partial charge in [0.2, 0.25) is 17.7 Å². The Morgan fingerprint density at radius 2 is 1.86 bits per heavy atom. The summed E-state index contributed by atoms with van der Waals surface area (Å²) in [6.45, 7) is 5.42. The molecule has 4 N–H and O–H groups in total. The molecule has 1 aliphatic carbocycles. The number of morpholine rings is 1. The van der Waals surface area contributed by atoms with Gasteiger partial charge in [0.25, 0.3) is 0 Å². The predicted molar refractivity (Wildman–Crippen MR) is 126 cm³/mol. The normalized spacial score (nSPS) is 24.9. The number of allylic oxidation sites excluding steroid dienone is 1. The van der Waals surface area contributed by atoms with Gasteiger partial charge in [-0.15, -0.1) is 0 Å². The van der Waals surface area contributed by atoms with Crippen LogP contribution in [0.3, 0.4) is 0 Å². The second kappa shape index (κ2) is 12.6. The molecule has 0 aromatic carbocycles. The standard InChI is InChI=1S/C24H38N4O7/c1-16(29)21(27-20(31)14-28-8-10-34-11-9-28)23(33)25-13-19(30)26-18(22(32)24(2)15-35-24)12-17-6-4-3-5-7-17/h6,16,18,21,29H,3-5,7-15H2,1-2H3,(H,25,33)(H,26,30)(H,27,31). The quantitative estimate of drug-likeness (QED) is 0.200. The molecule has 4 unspecified atom stereocenters. The van der Waals surface area contributed by atoms with Crippen molar-refractivity contribution in [3.05, 3.63) is 11.6 Å². The number of hydrogen-bond donors (Lipinski definition) is 4. The van der Waals surface area contributed by atoms with Gasteiger partial charge in [-0.25, -0.2) is 0 Å². The smallest absolute Gasteiger partial charge is 0.245 e. The summed E-state index contributed by atoms with van der Waals surface area (Å²) in [5.41, 5.74) is 0.263. The summed E-state index contributed by atoms with van der Waals surface area (Å²) in [5.74, 6) is -1.79. The molecule has 2 fully saturated rings. The van der Waals surface area contributed by atoms with Crippen molar-refractivity contribution in [2.45, 2.75) is 69.7 Å². The Kier molecular flexibility index (Phi) is 9.79. The summed E-state index contributed by atoms with van der Waals surface area (Å²) in [6.07, 6.45) is 5.43. The monoisotopic (exact) mass is 494 g/mol. The molecule has 2 saturated heterocycles. The third-order valence-electron chi connectivity index (χ3n) is 6.58. The number of amides is 3. The van der Waals surface area contributed by atoms with Crippen LogP contribution in [0.4, 0.5) is 0 Å². The van der Waals surface area contributed by atoms with Gasteiger partial charge in [0, 0.05) is 13.1 Å². The van der Waals surface area contributed by atoms with E-state index in [0.717, 1.165) is 31.3 Å². The number of epoxide rings is 1. The third kappa shape index (κ3) is 8.38. The van der Waals surface area contributed by atoms with Crippen molar-refractivity contribution in [1.29, 1.82) is 0 Å². The lowest BCUT2D eigenvalue weighted by Crippen LogP contribution is -2.56. The van der Waals surface area contributed by atoms with Gasteiger partial charge in [0.15, 0.2) is 5.78 Å². The van der Waals surface area contributed by atoms with E-state index in [1.54, 1.807) is 6.92 Å². The number of Topliss-reactive ketones (excluding diaryl/α,β-unsaturated/α-hetero) is 1. The lowest BCUT2D eigenvalue weighted by atomic mass is 9.90. The molecule has 0 aromatic heterocycles. The summed E-state index contributed by atoms with van der Waals surface area (Å²) in [4.78, 5) is 52.4. The van der Waals surface area contributed by atoms with E-state index in [0.29, 0.717) is 39.3 Å². The molecule has 3 aliphatic rings. The van der Waals surface area contributed by atoms with Crippen molar-refractivity contribution < 1.29 is 33.8 Å². The molecule has 0 aromatic rings. The lowest BCUT2D eigenvalue weighted by molar-refractivity contribution is -0.134. The zero-order valence-electron chi connectivity index (χ0n) is 20.6. The van der Waals surface area contributed by atoms with Crippen molar-refractivity contribution in [3.8, 4) is 0 Å². The summed E-state index contributed by atoms with van der Waals surface area (Å²) in [5, 5.41) is 17.8. The van der Waals surface area contributed by atoms with Gasteiger partial charge in [-0.3, -0.25) is 24.1 Å². The first-order valence-corrected chi connectivity index (χ1v) is 12.4. The number of nitrogens with zero attached hydrogens (tertiary/aromatic N) is 1. The van der Waals surface area contributed by atoms with Crippen LogP contribution in [-0.2, 0) is 28.7 Å². The Morgan fingerprint density at radius 1 is 1.14 bits per heavy atom. The maximum Gasteiger partial charge on any atom is 0.245 e. The number of aliphatic hydroxyl groups is 1. The Labute approximate surface area is 206 Å². The van der Waals surface area contributed by atoms with Crippen LogP contribution in [0.15, 0.2) is 11.6 Å². The average Bonchev–Trinajstić information content (AvgIpc) is 3.59. The molecule has 35 heavy (non-hydrogen) atoms. The Hall–Kier alpha value is -2.34. The summed E-state index contributed by atoms with van der Waals surface area (Å²) in [7, 11) is 0. The second-order valence-corrected chi connectivity index (χ2v) is 9.71. The molecule has 11 nitrogen and oxygen atoms in total. The number of rotatable bonds is 12. The number of ether oxygens (including phenoxy) is 2. The van der Waals surface area contributed by atoms with Crippen LogP contribution in [0.5, 0.6) is 0 Å². The van der Waals surface area contributed by atoms with Crippen LogP contribution in [-0.4, -0.2) is 103 Å². The van der Waals surface area contributed by atoms with Gasteiger partial charge in [-0.05, 0) is 46.0 Å². The molecule has 0 bridgehead atoms. The highest BCUT2D eigenvalue weighted by Gasteiger charge is 2.50. The molecular weight excluding hydrogens is 456 g/mol. The first-order valence-electron chi connectivity index (χ1n) is 12.4. The Balaban J connectivity index is 1.50. The topological polar surface area (TPSA) is 150 Å². The summed E-state index contributed by atoms with van der Waals surface area (Å²) < 4.78 is 10.5. The highest BCUT2D eigenvalue weighted by atomic mass is 16.6. The van der Waals surface area contributed by atoms with E-state index in [2.05, 4.69) is 22.0 Å². The second-order valence-electron chi connectivity index (χ2n) is 9.71. The van der Waals surface area contributed by atoms with Crippen LogP contribution >= 0.6 is 0 Å². The maximum atomic E-state index is 12.9. The van der Waals surface area contributed by atoms with Crippen LogP contribution in [0.2, 0.25) is 0 Å². The van der Waals surface area contributed by atoms with Gasteiger partial charge in [-0.1, -0.05) is 11.6 Å². The highest BCUT2D eigenvalue weighted by Crippen LogP contribution is 2.31. The van der Waals surface area contributed by atoms with E-state index >= 15 is 0 Å². The maximum absolute atomic E-state index is 12.9. The summed E-state index contributed by atoms with van der Waals surface area (Å²) >= 11 is 0. The van der Waals surface area contributed by atoms with Crippen LogP contribution in [0, 0.1) is 0 Å². The van der Waals surface area contributed by atoms with Crippen molar-refractivity contribution in [2.75, 3.05) is 46.0 Å². The number of aliphatic hydroxyl groups excluding tert-OH is 1. The van der Waals surface area contributed by atoms with Crippen molar-refractivity contribution in [1.82, 2.24) is 20.9 Å². The fraction of sp³-hybridized carbons (Fsp3) is 0.750. The zero-order chi connectivity index (χ0) is 25.4. The average molecular weight is 495 g/mol. The molecule has 0 saturated carbocycles. The van der Waals surface area contributed by atoms with Crippen LogP contribution in [0.1, 0.15) is 46.0 Å². The molecule has 11 heteroatoms. The van der Waals surface area contributed by atoms with Crippen LogP contribution < -0.4 is 16.0 Å². The molecular formula is C24H38N4O7. The number of nitrogens with one attached hydrogen (secondary N) is 3. The van der Waals surface area contributed by atoms with Crippen molar-refractivity contribution >= 4 is 23.5 Å². The van der Waals surface area contributed by atoms with Gasteiger partial charge < -0.3 is 30.5 Å². The van der Waals surface area contributed by atoms with Crippen molar-refractivity contribution in [3.63, 3.8) is 0 Å². The first kappa shape index (κ1) is 27.3. The molecule has 3 amide bonds. The minimum absolute atomic E-state index is 0.0842.